The molecular formula is C12H11ClN4O2. The van der Waals surface area contributed by atoms with Gasteiger partial charge in [-0.3, -0.25) is 0 Å². The van der Waals surface area contributed by atoms with Crippen LogP contribution < -0.4 is 11.1 Å². The number of methoxy groups -OCH3 is 1. The van der Waals surface area contributed by atoms with Gasteiger partial charge >= 0.3 is 5.97 Å². The number of nitrogens with two attached hydrogens (primary N) is 1. The van der Waals surface area contributed by atoms with Crippen LogP contribution in [0.15, 0.2) is 30.6 Å². The molecule has 0 aliphatic rings. The molecule has 2 aromatic rings. The Kier molecular flexibility index (Phi) is 3.82. The largest absolute Gasteiger partial charge is 0.465 e. The van der Waals surface area contributed by atoms with Crippen molar-refractivity contribution in [2.24, 2.45) is 0 Å². The number of benzene rings is 1. The summed E-state index contributed by atoms with van der Waals surface area (Å²) in [6, 6.07) is 6.68. The van der Waals surface area contributed by atoms with Crippen molar-refractivity contribution in [3.8, 4) is 0 Å². The second-order valence-corrected chi connectivity index (χ2v) is 3.98. The number of carbonyl (C=O) groups is 1. The number of rotatable bonds is 3. The maximum absolute atomic E-state index is 11.3. The first-order valence-electron chi connectivity index (χ1n) is 5.33. The molecule has 0 atom stereocenters. The van der Waals surface area contributed by atoms with Crippen LogP contribution in [0.5, 0.6) is 0 Å². The molecule has 1 heterocycles. The summed E-state index contributed by atoms with van der Waals surface area (Å²) in [5.41, 5.74) is 7.18. The molecule has 6 nitrogen and oxygen atoms in total. The summed E-state index contributed by atoms with van der Waals surface area (Å²) in [5, 5.41) is 3.17. The van der Waals surface area contributed by atoms with E-state index >= 15 is 0 Å². The number of hydrogen-bond acceptors (Lipinski definition) is 6. The van der Waals surface area contributed by atoms with E-state index in [1.54, 1.807) is 24.3 Å². The summed E-state index contributed by atoms with van der Waals surface area (Å²) < 4.78 is 4.61. The van der Waals surface area contributed by atoms with Crippen molar-refractivity contribution in [3.63, 3.8) is 0 Å². The van der Waals surface area contributed by atoms with E-state index in [0.717, 1.165) is 0 Å². The summed E-state index contributed by atoms with van der Waals surface area (Å²) >= 11 is 5.79. The predicted octanol–water partition coefficient (Wildman–Crippen LogP) is 2.24. The number of esters is 1. The van der Waals surface area contributed by atoms with Crippen molar-refractivity contribution in [2.45, 2.75) is 0 Å². The summed E-state index contributed by atoms with van der Waals surface area (Å²) in [5.74, 6) is 0.0157. The van der Waals surface area contributed by atoms with E-state index in [1.165, 1.54) is 13.4 Å². The Balaban J connectivity index is 2.20. The Morgan fingerprint density at radius 1 is 1.32 bits per heavy atom. The predicted molar refractivity (Wildman–Crippen MR) is 72.5 cm³/mol. The minimum atomic E-state index is -0.392. The smallest absolute Gasteiger partial charge is 0.337 e. The molecule has 1 aromatic carbocycles. The first kappa shape index (κ1) is 13.1. The standard InChI is InChI=1S/C12H11ClN4O2/c1-19-12(18)7-2-4-8(5-3-7)17-11-9(14)10(13)15-6-16-11/h2-6H,14H2,1H3,(H,15,16,17). The molecule has 0 fully saturated rings. The highest BCUT2D eigenvalue weighted by Gasteiger charge is 2.07. The molecule has 98 valence electrons. The zero-order valence-corrected chi connectivity index (χ0v) is 10.8. The minimum Gasteiger partial charge on any atom is -0.465 e. The molecule has 3 N–H and O–H groups in total. The third-order valence-electron chi connectivity index (χ3n) is 2.40. The van der Waals surface area contributed by atoms with Crippen molar-refractivity contribution in [1.29, 1.82) is 0 Å². The van der Waals surface area contributed by atoms with Gasteiger partial charge in [-0.2, -0.15) is 0 Å². The lowest BCUT2D eigenvalue weighted by Gasteiger charge is -2.08. The average Bonchev–Trinajstić information content (AvgIpc) is 2.44. The fraction of sp³-hybridized carbons (Fsp3) is 0.0833. The van der Waals surface area contributed by atoms with Gasteiger partial charge in [-0.15, -0.1) is 0 Å². The molecule has 0 amide bonds. The van der Waals surface area contributed by atoms with Crippen LogP contribution in [0.25, 0.3) is 0 Å². The van der Waals surface area contributed by atoms with E-state index in [2.05, 4.69) is 20.0 Å². The summed E-state index contributed by atoms with van der Waals surface area (Å²) in [6.07, 6.45) is 1.31. The Labute approximate surface area is 114 Å². The number of hydrogen-bond donors (Lipinski definition) is 2. The average molecular weight is 279 g/mol. The molecule has 0 radical (unpaired) electrons. The van der Waals surface area contributed by atoms with Gasteiger partial charge in [-0.05, 0) is 24.3 Å². The second-order valence-electron chi connectivity index (χ2n) is 3.62. The van der Waals surface area contributed by atoms with Gasteiger partial charge in [0.05, 0.1) is 12.7 Å². The molecule has 0 aliphatic carbocycles. The maximum Gasteiger partial charge on any atom is 0.337 e. The van der Waals surface area contributed by atoms with Gasteiger partial charge in [0.25, 0.3) is 0 Å². The summed E-state index contributed by atoms with van der Waals surface area (Å²) in [6.45, 7) is 0. The molecule has 7 heteroatoms. The topological polar surface area (TPSA) is 90.1 Å². The quantitative estimate of drug-likeness (QED) is 0.661. The van der Waals surface area contributed by atoms with Crippen LogP contribution >= 0.6 is 11.6 Å². The van der Waals surface area contributed by atoms with Crippen molar-refractivity contribution in [2.75, 3.05) is 18.2 Å². The molecular weight excluding hydrogens is 268 g/mol. The van der Waals surface area contributed by atoms with Crippen molar-refractivity contribution in [3.05, 3.63) is 41.3 Å². The fourth-order valence-electron chi connectivity index (χ4n) is 1.42. The van der Waals surface area contributed by atoms with Crippen LogP contribution in [-0.4, -0.2) is 23.0 Å². The molecule has 1 aromatic heterocycles. The molecule has 0 bridgehead atoms. The highest BCUT2D eigenvalue weighted by atomic mass is 35.5. The molecule has 0 unspecified atom stereocenters. The lowest BCUT2D eigenvalue weighted by atomic mass is 10.2. The van der Waals surface area contributed by atoms with Crippen LogP contribution in [0.2, 0.25) is 5.15 Å². The van der Waals surface area contributed by atoms with E-state index in [4.69, 9.17) is 17.3 Å². The summed E-state index contributed by atoms with van der Waals surface area (Å²) in [4.78, 5) is 19.0. The van der Waals surface area contributed by atoms with Gasteiger partial charge in [0, 0.05) is 5.69 Å². The van der Waals surface area contributed by atoms with Crippen molar-refractivity contribution in [1.82, 2.24) is 9.97 Å². The van der Waals surface area contributed by atoms with Crippen molar-refractivity contribution >= 4 is 34.8 Å². The summed E-state index contributed by atoms with van der Waals surface area (Å²) in [7, 11) is 1.33. The zero-order chi connectivity index (χ0) is 13.8. The highest BCUT2D eigenvalue weighted by Crippen LogP contribution is 2.25. The number of nitrogens with one attached hydrogen (secondary N) is 1. The van der Waals surface area contributed by atoms with Gasteiger partial charge < -0.3 is 15.8 Å². The van der Waals surface area contributed by atoms with Gasteiger partial charge in [-0.1, -0.05) is 11.6 Å². The second kappa shape index (κ2) is 5.53. The van der Waals surface area contributed by atoms with Gasteiger partial charge in [-0.25, -0.2) is 14.8 Å². The third-order valence-corrected chi connectivity index (χ3v) is 2.71. The van der Waals surface area contributed by atoms with Crippen LogP contribution in [0.1, 0.15) is 10.4 Å². The van der Waals surface area contributed by atoms with E-state index < -0.39 is 5.97 Å². The lowest BCUT2D eigenvalue weighted by Crippen LogP contribution is -2.03. The molecule has 0 saturated heterocycles. The Morgan fingerprint density at radius 2 is 2.00 bits per heavy atom. The molecule has 0 spiro atoms. The lowest BCUT2D eigenvalue weighted by molar-refractivity contribution is 0.0601. The number of nitrogen functional groups attached to an aromatic ring is 1. The molecule has 0 saturated carbocycles. The zero-order valence-electron chi connectivity index (χ0n) is 10.1. The van der Waals surface area contributed by atoms with Crippen LogP contribution in [0, 0.1) is 0 Å². The van der Waals surface area contributed by atoms with Gasteiger partial charge in [0.2, 0.25) is 0 Å². The van der Waals surface area contributed by atoms with E-state index in [0.29, 0.717) is 17.1 Å². The Bertz CT molecular complexity index is 601. The van der Waals surface area contributed by atoms with Crippen LogP contribution in [0.4, 0.5) is 17.2 Å². The van der Waals surface area contributed by atoms with E-state index in [9.17, 15) is 4.79 Å². The highest BCUT2D eigenvalue weighted by molar-refractivity contribution is 6.32. The molecule has 0 aliphatic heterocycles. The SMILES string of the molecule is COC(=O)c1ccc(Nc2ncnc(Cl)c2N)cc1. The number of nitrogens with zero attached hydrogens (tertiary/aromatic N) is 2. The van der Waals surface area contributed by atoms with Crippen LogP contribution in [-0.2, 0) is 4.74 Å². The fourth-order valence-corrected chi connectivity index (χ4v) is 1.55. The first-order chi connectivity index (χ1) is 9.11. The normalized spacial score (nSPS) is 10.0. The van der Waals surface area contributed by atoms with E-state index in [1.807, 2.05) is 0 Å². The minimum absolute atomic E-state index is 0.184. The van der Waals surface area contributed by atoms with Crippen molar-refractivity contribution < 1.29 is 9.53 Å². The Hall–Kier alpha value is -2.34. The maximum atomic E-state index is 11.3. The molecule has 2 rings (SSSR count). The monoisotopic (exact) mass is 278 g/mol. The van der Waals surface area contributed by atoms with Gasteiger partial charge in [0.1, 0.15) is 12.0 Å². The van der Waals surface area contributed by atoms with E-state index in [-0.39, 0.29) is 10.8 Å². The number of ether oxygens (including phenoxy) is 1. The van der Waals surface area contributed by atoms with Crippen LogP contribution in [0.3, 0.4) is 0 Å². The first-order valence-corrected chi connectivity index (χ1v) is 5.71. The number of carbonyl (C=O) groups excluding carboxylic acids is 1. The Morgan fingerprint density at radius 3 is 2.63 bits per heavy atom. The number of halogens is 1. The number of anilines is 3. The molecule has 19 heavy (non-hydrogen) atoms. The van der Waals surface area contributed by atoms with Gasteiger partial charge in [0.15, 0.2) is 11.0 Å². The number of aromatic nitrogens is 2. The third kappa shape index (κ3) is 2.92.